The maximum atomic E-state index is 13.0. The topological polar surface area (TPSA) is 80.1 Å². The van der Waals surface area contributed by atoms with Crippen LogP contribution in [0.1, 0.15) is 52.4 Å². The van der Waals surface area contributed by atoms with Crippen molar-refractivity contribution < 1.29 is 14.0 Å². The molecule has 7 nitrogen and oxygen atoms in total. The van der Waals surface area contributed by atoms with Crippen molar-refractivity contribution in [3.63, 3.8) is 0 Å². The highest BCUT2D eigenvalue weighted by atomic mass is 19.1. The largest absolute Gasteiger partial charge is 0.348 e. The van der Waals surface area contributed by atoms with Gasteiger partial charge in [-0.05, 0) is 31.0 Å². The molecule has 1 aliphatic carbocycles. The number of pyridine rings is 1. The maximum Gasteiger partial charge on any atom is 0.272 e. The number of hydrogen-bond donors (Lipinski definition) is 1. The molecule has 0 saturated heterocycles. The Bertz CT molecular complexity index is 827. The van der Waals surface area contributed by atoms with Crippen LogP contribution in [0.25, 0.3) is 0 Å². The number of rotatable bonds is 3. The van der Waals surface area contributed by atoms with Crippen LogP contribution in [0, 0.1) is 5.82 Å². The van der Waals surface area contributed by atoms with Gasteiger partial charge >= 0.3 is 0 Å². The van der Waals surface area contributed by atoms with Crippen LogP contribution in [0.4, 0.5) is 4.39 Å². The fourth-order valence-electron chi connectivity index (χ4n) is 3.54. The Morgan fingerprint density at radius 1 is 1.15 bits per heavy atom. The summed E-state index contributed by atoms with van der Waals surface area (Å²) in [6, 6.07) is 4.58. The van der Waals surface area contributed by atoms with Gasteiger partial charge in [0.25, 0.3) is 11.8 Å². The van der Waals surface area contributed by atoms with Crippen molar-refractivity contribution in [1.29, 1.82) is 0 Å². The Kier molecular flexibility index (Phi) is 4.40. The van der Waals surface area contributed by atoms with E-state index in [-0.39, 0.29) is 23.6 Å². The molecule has 26 heavy (non-hydrogen) atoms. The summed E-state index contributed by atoms with van der Waals surface area (Å²) in [7, 11) is 0. The van der Waals surface area contributed by atoms with Crippen LogP contribution < -0.4 is 5.32 Å². The Balaban J connectivity index is 1.45. The van der Waals surface area contributed by atoms with Gasteiger partial charge in [0, 0.05) is 12.6 Å². The summed E-state index contributed by atoms with van der Waals surface area (Å²) in [6.45, 7) is 1.33. The van der Waals surface area contributed by atoms with Gasteiger partial charge in [-0.2, -0.15) is 5.10 Å². The molecule has 0 radical (unpaired) electrons. The van der Waals surface area contributed by atoms with E-state index in [0.29, 0.717) is 25.3 Å². The first-order chi connectivity index (χ1) is 12.6. The molecule has 0 unspecified atom stereocenters. The van der Waals surface area contributed by atoms with Gasteiger partial charge in [-0.3, -0.25) is 14.3 Å². The highest BCUT2D eigenvalue weighted by Crippen LogP contribution is 2.19. The lowest BCUT2D eigenvalue weighted by molar-refractivity contribution is 0.0699. The number of fused-ring (bicyclic) bond motifs is 1. The third-order valence-electron chi connectivity index (χ3n) is 4.95. The standard InChI is InChI=1S/C18H20FN5O2/c19-12-5-6-15(20-10-12)18(26)23-7-8-24-14(11-23)9-16(22-24)17(25)21-13-3-1-2-4-13/h5-6,9-10,13H,1-4,7-8,11H2,(H,21,25). The summed E-state index contributed by atoms with van der Waals surface area (Å²) in [4.78, 5) is 30.4. The zero-order chi connectivity index (χ0) is 18.1. The minimum absolute atomic E-state index is 0.156. The molecule has 0 atom stereocenters. The average Bonchev–Trinajstić information content (AvgIpc) is 3.30. The molecule has 1 saturated carbocycles. The molecule has 2 aliphatic rings. The van der Waals surface area contributed by atoms with Gasteiger partial charge in [-0.25, -0.2) is 9.37 Å². The molecule has 4 rings (SSSR count). The van der Waals surface area contributed by atoms with Crippen molar-refractivity contribution in [2.45, 2.75) is 44.8 Å². The van der Waals surface area contributed by atoms with Crippen molar-refractivity contribution in [1.82, 2.24) is 25.0 Å². The van der Waals surface area contributed by atoms with Gasteiger partial charge in [0.05, 0.1) is 25.0 Å². The summed E-state index contributed by atoms with van der Waals surface area (Å²) < 4.78 is 14.7. The molecule has 8 heteroatoms. The lowest BCUT2D eigenvalue weighted by atomic mass is 10.2. The number of nitrogens with one attached hydrogen (secondary N) is 1. The summed E-state index contributed by atoms with van der Waals surface area (Å²) in [5, 5.41) is 7.40. The van der Waals surface area contributed by atoms with Gasteiger partial charge in [-0.1, -0.05) is 12.8 Å². The third-order valence-corrected chi connectivity index (χ3v) is 4.95. The quantitative estimate of drug-likeness (QED) is 0.907. The Morgan fingerprint density at radius 3 is 2.69 bits per heavy atom. The fourth-order valence-corrected chi connectivity index (χ4v) is 3.54. The second-order valence-electron chi connectivity index (χ2n) is 6.79. The zero-order valence-corrected chi connectivity index (χ0v) is 14.3. The minimum Gasteiger partial charge on any atom is -0.348 e. The molecule has 2 amide bonds. The first kappa shape index (κ1) is 16.7. The lowest BCUT2D eigenvalue weighted by Gasteiger charge is -2.27. The summed E-state index contributed by atoms with van der Waals surface area (Å²) in [5.74, 6) is -0.887. The van der Waals surface area contributed by atoms with E-state index in [4.69, 9.17) is 0 Å². The summed E-state index contributed by atoms with van der Waals surface area (Å²) in [5.41, 5.74) is 1.41. The maximum absolute atomic E-state index is 13.0. The van der Waals surface area contributed by atoms with E-state index in [1.807, 2.05) is 0 Å². The van der Waals surface area contributed by atoms with Crippen LogP contribution in [-0.2, 0) is 13.1 Å². The van der Waals surface area contributed by atoms with Crippen molar-refractivity contribution in [2.24, 2.45) is 0 Å². The van der Waals surface area contributed by atoms with E-state index in [0.717, 1.165) is 37.6 Å². The molecule has 0 aromatic carbocycles. The van der Waals surface area contributed by atoms with Crippen molar-refractivity contribution in [3.05, 3.63) is 47.3 Å². The number of nitrogens with zero attached hydrogens (tertiary/aromatic N) is 4. The van der Waals surface area contributed by atoms with Gasteiger partial charge in [0.15, 0.2) is 5.69 Å². The van der Waals surface area contributed by atoms with Gasteiger partial charge < -0.3 is 10.2 Å². The molecule has 0 bridgehead atoms. The van der Waals surface area contributed by atoms with E-state index in [1.54, 1.807) is 15.6 Å². The predicted octanol–water partition coefficient (Wildman–Crippen LogP) is 1.75. The van der Waals surface area contributed by atoms with E-state index in [2.05, 4.69) is 15.4 Å². The zero-order valence-electron chi connectivity index (χ0n) is 14.3. The molecule has 1 aliphatic heterocycles. The van der Waals surface area contributed by atoms with Crippen LogP contribution in [-0.4, -0.2) is 44.1 Å². The van der Waals surface area contributed by atoms with Crippen LogP contribution in [0.15, 0.2) is 24.4 Å². The van der Waals surface area contributed by atoms with Crippen molar-refractivity contribution in [3.8, 4) is 0 Å². The molecule has 3 heterocycles. The van der Waals surface area contributed by atoms with Gasteiger partial charge in [0.2, 0.25) is 0 Å². The van der Waals surface area contributed by atoms with Crippen LogP contribution in [0.3, 0.4) is 0 Å². The van der Waals surface area contributed by atoms with Crippen molar-refractivity contribution >= 4 is 11.8 Å². The number of carbonyl (C=O) groups excluding carboxylic acids is 2. The highest BCUT2D eigenvalue weighted by Gasteiger charge is 2.26. The highest BCUT2D eigenvalue weighted by molar-refractivity contribution is 5.93. The van der Waals surface area contributed by atoms with E-state index in [9.17, 15) is 14.0 Å². The SMILES string of the molecule is O=C(NC1CCCC1)c1cc2n(n1)CCN(C(=O)c1ccc(F)cn1)C2. The molecule has 2 aromatic rings. The monoisotopic (exact) mass is 357 g/mol. The number of hydrogen-bond acceptors (Lipinski definition) is 4. The Morgan fingerprint density at radius 2 is 1.96 bits per heavy atom. The number of carbonyl (C=O) groups is 2. The lowest BCUT2D eigenvalue weighted by Crippen LogP contribution is -2.38. The molecule has 0 spiro atoms. The summed E-state index contributed by atoms with van der Waals surface area (Å²) in [6.07, 6.45) is 5.38. The normalized spacial score (nSPS) is 17.2. The van der Waals surface area contributed by atoms with Crippen molar-refractivity contribution in [2.75, 3.05) is 6.54 Å². The second kappa shape index (κ2) is 6.86. The van der Waals surface area contributed by atoms with Gasteiger partial charge in [0.1, 0.15) is 11.5 Å². The van der Waals surface area contributed by atoms with E-state index >= 15 is 0 Å². The summed E-state index contributed by atoms with van der Waals surface area (Å²) >= 11 is 0. The molecular formula is C18H20FN5O2. The molecule has 1 fully saturated rings. The average molecular weight is 357 g/mol. The Hall–Kier alpha value is -2.77. The van der Waals surface area contributed by atoms with Gasteiger partial charge in [-0.15, -0.1) is 0 Å². The number of halogens is 1. The third kappa shape index (κ3) is 3.31. The molecule has 136 valence electrons. The fraction of sp³-hybridized carbons (Fsp3) is 0.444. The predicted molar refractivity (Wildman–Crippen MR) is 90.9 cm³/mol. The number of aromatic nitrogens is 3. The Labute approximate surface area is 150 Å². The minimum atomic E-state index is -0.476. The molecule has 2 aromatic heterocycles. The first-order valence-corrected chi connectivity index (χ1v) is 8.88. The van der Waals surface area contributed by atoms with E-state index in [1.165, 1.54) is 12.1 Å². The first-order valence-electron chi connectivity index (χ1n) is 8.88. The van der Waals surface area contributed by atoms with Crippen LogP contribution in [0.2, 0.25) is 0 Å². The molecular weight excluding hydrogens is 337 g/mol. The van der Waals surface area contributed by atoms with E-state index < -0.39 is 5.82 Å². The number of amides is 2. The second-order valence-corrected chi connectivity index (χ2v) is 6.79. The van der Waals surface area contributed by atoms with Crippen LogP contribution >= 0.6 is 0 Å². The molecule has 1 N–H and O–H groups in total. The van der Waals surface area contributed by atoms with Crippen LogP contribution in [0.5, 0.6) is 0 Å². The smallest absolute Gasteiger partial charge is 0.272 e.